The molecule has 4 N–H and O–H groups in total. The number of likely N-dealkylation sites (N-methyl/N-ethyl adjacent to an activating group) is 1. The Kier molecular flexibility index (Phi) is 6.70. The first kappa shape index (κ1) is 20.1. The Morgan fingerprint density at radius 1 is 1.04 bits per heavy atom. The first-order chi connectivity index (χ1) is 13.0. The number of benzene rings is 1. The SMILES string of the molecule is COC(CCc1cc2nc(N)c(N)nc2cc1CCCl)N1CCN(C)CC1. The highest BCUT2D eigenvalue weighted by atomic mass is 35.5. The van der Waals surface area contributed by atoms with Crippen molar-refractivity contribution < 1.29 is 4.74 Å². The fourth-order valence-corrected chi connectivity index (χ4v) is 3.83. The van der Waals surface area contributed by atoms with Crippen LogP contribution in [0.2, 0.25) is 0 Å². The molecule has 1 unspecified atom stereocenters. The van der Waals surface area contributed by atoms with Gasteiger partial charge in [0.05, 0.1) is 11.0 Å². The third kappa shape index (κ3) is 4.79. The fraction of sp³-hybridized carbons (Fsp3) is 0.579. The van der Waals surface area contributed by atoms with Crippen LogP contribution >= 0.6 is 11.6 Å². The van der Waals surface area contributed by atoms with E-state index in [2.05, 4.69) is 32.9 Å². The zero-order valence-electron chi connectivity index (χ0n) is 16.1. The van der Waals surface area contributed by atoms with Crippen LogP contribution in [-0.2, 0) is 17.6 Å². The van der Waals surface area contributed by atoms with Crippen LogP contribution in [0.4, 0.5) is 11.6 Å². The maximum absolute atomic E-state index is 6.02. The number of hydrogen-bond acceptors (Lipinski definition) is 7. The second kappa shape index (κ2) is 9.01. The number of methoxy groups -OCH3 is 1. The van der Waals surface area contributed by atoms with Crippen LogP contribution in [0.25, 0.3) is 11.0 Å². The van der Waals surface area contributed by atoms with E-state index in [1.165, 1.54) is 11.1 Å². The van der Waals surface area contributed by atoms with Gasteiger partial charge in [-0.15, -0.1) is 11.6 Å². The Labute approximate surface area is 165 Å². The molecule has 0 radical (unpaired) electrons. The summed E-state index contributed by atoms with van der Waals surface area (Å²) >= 11 is 6.02. The average molecular weight is 393 g/mol. The van der Waals surface area contributed by atoms with Gasteiger partial charge in [0.2, 0.25) is 0 Å². The molecule has 7 nitrogen and oxygen atoms in total. The van der Waals surface area contributed by atoms with Crippen LogP contribution in [0.3, 0.4) is 0 Å². The van der Waals surface area contributed by atoms with E-state index in [4.69, 9.17) is 27.8 Å². The molecule has 1 saturated heterocycles. The number of fused-ring (bicyclic) bond motifs is 1. The number of aryl methyl sites for hydroxylation is 2. The molecule has 2 aromatic rings. The zero-order valence-corrected chi connectivity index (χ0v) is 16.9. The Morgan fingerprint density at radius 2 is 1.59 bits per heavy atom. The molecule has 1 aromatic carbocycles. The molecule has 1 fully saturated rings. The lowest BCUT2D eigenvalue weighted by Gasteiger charge is -2.37. The van der Waals surface area contributed by atoms with Crippen LogP contribution in [0.1, 0.15) is 17.5 Å². The van der Waals surface area contributed by atoms with Crippen molar-refractivity contribution in [1.29, 1.82) is 0 Å². The molecule has 2 heterocycles. The number of ether oxygens (including phenoxy) is 1. The summed E-state index contributed by atoms with van der Waals surface area (Å²) < 4.78 is 5.79. The van der Waals surface area contributed by atoms with Crippen molar-refractivity contribution in [2.75, 3.05) is 57.7 Å². The van der Waals surface area contributed by atoms with Crippen LogP contribution < -0.4 is 11.5 Å². The number of nitrogens with zero attached hydrogens (tertiary/aromatic N) is 4. The molecule has 1 atom stereocenters. The highest BCUT2D eigenvalue weighted by molar-refractivity contribution is 6.18. The minimum absolute atomic E-state index is 0.112. The van der Waals surface area contributed by atoms with E-state index in [1.807, 2.05) is 6.07 Å². The number of anilines is 2. The topological polar surface area (TPSA) is 93.5 Å². The summed E-state index contributed by atoms with van der Waals surface area (Å²) in [4.78, 5) is 13.5. The van der Waals surface area contributed by atoms with Crippen LogP contribution in [0.5, 0.6) is 0 Å². The minimum atomic E-state index is 0.112. The molecular formula is C19H29ClN6O. The summed E-state index contributed by atoms with van der Waals surface area (Å²) in [5, 5.41) is 0. The summed E-state index contributed by atoms with van der Waals surface area (Å²) in [5.74, 6) is 1.09. The number of rotatable bonds is 7. The lowest BCUT2D eigenvalue weighted by Crippen LogP contribution is -2.49. The van der Waals surface area contributed by atoms with Crippen molar-refractivity contribution in [3.05, 3.63) is 23.3 Å². The van der Waals surface area contributed by atoms with E-state index in [1.54, 1.807) is 7.11 Å². The van der Waals surface area contributed by atoms with Crippen molar-refractivity contribution in [1.82, 2.24) is 19.8 Å². The van der Waals surface area contributed by atoms with Gasteiger partial charge in [0.15, 0.2) is 11.6 Å². The molecule has 0 amide bonds. The van der Waals surface area contributed by atoms with E-state index in [9.17, 15) is 0 Å². The molecule has 0 aliphatic carbocycles. The van der Waals surface area contributed by atoms with E-state index >= 15 is 0 Å². The minimum Gasteiger partial charge on any atom is -0.381 e. The summed E-state index contributed by atoms with van der Waals surface area (Å²) in [5.41, 5.74) is 15.6. The van der Waals surface area contributed by atoms with Gasteiger partial charge in [-0.1, -0.05) is 0 Å². The highest BCUT2D eigenvalue weighted by Crippen LogP contribution is 2.24. The average Bonchev–Trinajstić information content (AvgIpc) is 2.65. The van der Waals surface area contributed by atoms with Gasteiger partial charge < -0.3 is 21.1 Å². The van der Waals surface area contributed by atoms with E-state index in [-0.39, 0.29) is 17.9 Å². The molecule has 148 valence electrons. The monoisotopic (exact) mass is 392 g/mol. The first-order valence-corrected chi connectivity index (χ1v) is 9.91. The molecule has 1 aromatic heterocycles. The third-order valence-electron chi connectivity index (χ3n) is 5.28. The second-order valence-corrected chi connectivity index (χ2v) is 7.49. The maximum Gasteiger partial charge on any atom is 0.166 e. The molecule has 8 heteroatoms. The normalized spacial score (nSPS) is 17.4. The molecule has 1 aliphatic rings. The van der Waals surface area contributed by atoms with Crippen LogP contribution in [-0.4, -0.2) is 72.2 Å². The van der Waals surface area contributed by atoms with Crippen molar-refractivity contribution in [2.24, 2.45) is 0 Å². The molecule has 0 spiro atoms. The van der Waals surface area contributed by atoms with Crippen LogP contribution in [0, 0.1) is 0 Å². The van der Waals surface area contributed by atoms with Gasteiger partial charge in [-0.3, -0.25) is 4.90 Å². The second-order valence-electron chi connectivity index (χ2n) is 7.11. The predicted octanol–water partition coefficient (Wildman–Crippen LogP) is 1.73. The smallest absolute Gasteiger partial charge is 0.166 e. The molecule has 3 rings (SSSR count). The van der Waals surface area contributed by atoms with E-state index in [0.29, 0.717) is 5.88 Å². The molecule has 0 saturated carbocycles. The first-order valence-electron chi connectivity index (χ1n) is 9.37. The lowest BCUT2D eigenvalue weighted by molar-refractivity contribution is -0.0547. The molecule has 27 heavy (non-hydrogen) atoms. The number of nitrogen functional groups attached to an aromatic ring is 2. The Bertz CT molecular complexity index is 778. The largest absolute Gasteiger partial charge is 0.381 e. The van der Waals surface area contributed by atoms with Crippen molar-refractivity contribution in [3.63, 3.8) is 0 Å². The summed E-state index contributed by atoms with van der Waals surface area (Å²) in [6.45, 7) is 4.21. The predicted molar refractivity (Wildman–Crippen MR) is 111 cm³/mol. The molecular weight excluding hydrogens is 364 g/mol. The van der Waals surface area contributed by atoms with Crippen molar-refractivity contribution in [3.8, 4) is 0 Å². The highest BCUT2D eigenvalue weighted by Gasteiger charge is 2.22. The maximum atomic E-state index is 6.02. The standard InChI is InChI=1S/C19H29ClN6O/c1-25-7-9-26(10-8-25)17(27-2)4-3-13-11-15-16(12-14(13)5-6-20)24-19(22)18(21)23-15/h11-12,17H,3-10H2,1-2H3,(H2,21,23)(H2,22,24). The molecule has 1 aliphatic heterocycles. The van der Waals surface area contributed by atoms with Gasteiger partial charge >= 0.3 is 0 Å². The summed E-state index contributed by atoms with van der Waals surface area (Å²) in [7, 11) is 3.95. The van der Waals surface area contributed by atoms with E-state index < -0.39 is 0 Å². The number of alkyl halides is 1. The van der Waals surface area contributed by atoms with Crippen molar-refractivity contribution in [2.45, 2.75) is 25.5 Å². The van der Waals surface area contributed by atoms with Crippen molar-refractivity contribution >= 4 is 34.3 Å². The Morgan fingerprint density at radius 3 is 2.11 bits per heavy atom. The number of halogens is 1. The third-order valence-corrected chi connectivity index (χ3v) is 5.47. The quantitative estimate of drug-likeness (QED) is 0.693. The number of hydrogen-bond donors (Lipinski definition) is 2. The number of piperazine rings is 1. The van der Waals surface area contributed by atoms with Gasteiger partial charge in [0.25, 0.3) is 0 Å². The van der Waals surface area contributed by atoms with Gasteiger partial charge in [-0.25, -0.2) is 9.97 Å². The molecule has 0 bridgehead atoms. The summed E-state index contributed by atoms with van der Waals surface area (Å²) in [6, 6.07) is 4.10. The van der Waals surface area contributed by atoms with E-state index in [0.717, 1.165) is 56.5 Å². The number of nitrogens with two attached hydrogens (primary N) is 2. The summed E-state index contributed by atoms with van der Waals surface area (Å²) in [6.07, 6.45) is 2.70. The van der Waals surface area contributed by atoms with Crippen LogP contribution in [0.15, 0.2) is 12.1 Å². The Hall–Kier alpha value is -1.67. The van der Waals surface area contributed by atoms with Gasteiger partial charge in [0.1, 0.15) is 6.23 Å². The lowest BCUT2D eigenvalue weighted by atomic mass is 9.99. The van der Waals surface area contributed by atoms with Gasteiger partial charge in [-0.2, -0.15) is 0 Å². The van der Waals surface area contributed by atoms with Gasteiger partial charge in [0, 0.05) is 39.2 Å². The fourth-order valence-electron chi connectivity index (χ4n) is 3.62. The van der Waals surface area contributed by atoms with Gasteiger partial charge in [-0.05, 0) is 49.6 Å². The Balaban J connectivity index is 1.79. The number of aromatic nitrogens is 2. The zero-order chi connectivity index (χ0) is 19.4.